The zero-order valence-electron chi connectivity index (χ0n) is 12.5. The number of fused-ring (bicyclic) bond motifs is 1. The molecule has 8 heteroatoms. The largest absolute Gasteiger partial charge is 0.320 e. The minimum atomic E-state index is -3.16. The predicted molar refractivity (Wildman–Crippen MR) is 77.4 cm³/mol. The van der Waals surface area contributed by atoms with Crippen LogP contribution in [0.4, 0.5) is 4.79 Å². The van der Waals surface area contributed by atoms with E-state index in [9.17, 15) is 13.2 Å². The average molecular weight is 314 g/mol. The highest BCUT2D eigenvalue weighted by Crippen LogP contribution is 2.67. The van der Waals surface area contributed by atoms with Gasteiger partial charge in [0.25, 0.3) is 0 Å². The zero-order chi connectivity index (χ0) is 15.0. The van der Waals surface area contributed by atoms with E-state index in [0.717, 1.165) is 45.4 Å². The van der Waals surface area contributed by atoms with E-state index in [4.69, 9.17) is 0 Å². The van der Waals surface area contributed by atoms with Gasteiger partial charge in [0, 0.05) is 38.8 Å². The molecular formula is C13H22N4O3S. The summed E-state index contributed by atoms with van der Waals surface area (Å²) in [5.41, 5.74) is -0.303. The van der Waals surface area contributed by atoms with Crippen LogP contribution in [-0.4, -0.2) is 85.2 Å². The lowest BCUT2D eigenvalue weighted by atomic mass is 9.43. The van der Waals surface area contributed by atoms with Gasteiger partial charge in [0.2, 0.25) is 10.0 Å². The third-order valence-corrected chi connectivity index (χ3v) is 7.31. The van der Waals surface area contributed by atoms with Gasteiger partial charge in [-0.1, -0.05) is 0 Å². The number of nitrogens with zero attached hydrogens (tertiary/aromatic N) is 3. The third kappa shape index (κ3) is 1.66. The van der Waals surface area contributed by atoms with E-state index < -0.39 is 10.0 Å². The molecule has 0 radical (unpaired) electrons. The van der Waals surface area contributed by atoms with Gasteiger partial charge in [-0.25, -0.2) is 13.2 Å². The molecule has 2 heterocycles. The number of nitrogens with one attached hydrogen (secondary N) is 1. The molecule has 2 aliphatic heterocycles. The first-order valence-corrected chi connectivity index (χ1v) is 9.35. The van der Waals surface area contributed by atoms with Gasteiger partial charge in [0.15, 0.2) is 0 Å². The molecule has 0 aromatic carbocycles. The molecule has 2 amide bonds. The maximum Gasteiger partial charge on any atom is 0.320 e. The lowest BCUT2D eigenvalue weighted by Crippen LogP contribution is -2.83. The Labute approximate surface area is 125 Å². The van der Waals surface area contributed by atoms with Crippen molar-refractivity contribution in [3.63, 3.8) is 0 Å². The van der Waals surface area contributed by atoms with Crippen molar-refractivity contribution >= 4 is 16.1 Å². The first kappa shape index (κ1) is 13.8. The van der Waals surface area contributed by atoms with Gasteiger partial charge < -0.3 is 15.1 Å². The number of hydrogen-bond donors (Lipinski definition) is 1. The van der Waals surface area contributed by atoms with Gasteiger partial charge in [0.05, 0.1) is 17.8 Å². The molecule has 5 rings (SSSR count). The van der Waals surface area contributed by atoms with Gasteiger partial charge >= 0.3 is 6.03 Å². The van der Waals surface area contributed by atoms with Crippen molar-refractivity contribution in [3.8, 4) is 0 Å². The highest BCUT2D eigenvalue weighted by molar-refractivity contribution is 7.88. The number of rotatable bonds is 3. The van der Waals surface area contributed by atoms with E-state index in [1.807, 2.05) is 9.80 Å². The monoisotopic (exact) mass is 314 g/mol. The zero-order valence-corrected chi connectivity index (χ0v) is 13.3. The smallest absolute Gasteiger partial charge is 0.317 e. The average Bonchev–Trinajstić information content (AvgIpc) is 2.63. The Morgan fingerprint density at radius 1 is 1.33 bits per heavy atom. The van der Waals surface area contributed by atoms with Crippen molar-refractivity contribution in [2.45, 2.75) is 36.4 Å². The minimum Gasteiger partial charge on any atom is -0.317 e. The normalized spacial score (nSPS) is 41.9. The molecule has 1 atom stereocenters. The Hall–Kier alpha value is -0.860. The summed E-state index contributed by atoms with van der Waals surface area (Å²) in [4.78, 5) is 16.6. The fraction of sp³-hybridized carbons (Fsp3) is 0.923. The predicted octanol–water partition coefficient (Wildman–Crippen LogP) is -0.738. The molecule has 1 unspecified atom stereocenters. The van der Waals surface area contributed by atoms with Gasteiger partial charge in [-0.15, -0.1) is 0 Å². The van der Waals surface area contributed by atoms with Crippen molar-refractivity contribution in [1.82, 2.24) is 19.4 Å². The summed E-state index contributed by atoms with van der Waals surface area (Å²) in [6.45, 7) is 3.30. The van der Waals surface area contributed by atoms with E-state index in [-0.39, 0.29) is 23.2 Å². The third-order valence-electron chi connectivity index (χ3n) is 5.93. The fourth-order valence-electron chi connectivity index (χ4n) is 4.67. The number of carbonyl (C=O) groups is 1. The summed E-state index contributed by atoms with van der Waals surface area (Å²) in [6.07, 6.45) is 3.64. The minimum absolute atomic E-state index is 0.0760. The molecule has 7 nitrogen and oxygen atoms in total. The van der Waals surface area contributed by atoms with E-state index in [1.54, 1.807) is 7.05 Å². The van der Waals surface area contributed by atoms with Crippen LogP contribution in [-0.2, 0) is 10.0 Å². The van der Waals surface area contributed by atoms with Crippen molar-refractivity contribution in [2.24, 2.45) is 0 Å². The SMILES string of the molecule is CN(C12CC(N3CC4CNCCN4C3=O)(C1)C2)S(C)(=O)=O. The van der Waals surface area contributed by atoms with Crippen LogP contribution in [0.5, 0.6) is 0 Å². The summed E-state index contributed by atoms with van der Waals surface area (Å²) in [5.74, 6) is 0. The topological polar surface area (TPSA) is 73.0 Å². The van der Waals surface area contributed by atoms with Crippen molar-refractivity contribution < 1.29 is 13.2 Å². The molecule has 3 aliphatic carbocycles. The summed E-state index contributed by atoms with van der Waals surface area (Å²) in [5, 5.41) is 3.34. The number of piperazine rings is 1. The Balaban J connectivity index is 1.48. The molecule has 118 valence electrons. The lowest BCUT2D eigenvalue weighted by molar-refractivity contribution is -0.185. The quantitative estimate of drug-likeness (QED) is 0.745. The van der Waals surface area contributed by atoms with Crippen LogP contribution in [0.25, 0.3) is 0 Å². The van der Waals surface area contributed by atoms with E-state index in [2.05, 4.69) is 5.32 Å². The second-order valence-electron chi connectivity index (χ2n) is 7.15. The Bertz CT molecular complexity index is 585. The summed E-state index contributed by atoms with van der Waals surface area (Å²) >= 11 is 0. The molecular weight excluding hydrogens is 292 g/mol. The number of carbonyl (C=O) groups excluding carboxylic acids is 1. The van der Waals surface area contributed by atoms with Gasteiger partial charge in [-0.3, -0.25) is 0 Å². The van der Waals surface area contributed by atoms with E-state index >= 15 is 0 Å². The van der Waals surface area contributed by atoms with Crippen molar-refractivity contribution in [1.29, 1.82) is 0 Å². The van der Waals surface area contributed by atoms with E-state index in [0.29, 0.717) is 0 Å². The molecule has 1 N–H and O–H groups in total. The van der Waals surface area contributed by atoms with Crippen molar-refractivity contribution in [3.05, 3.63) is 0 Å². The molecule has 5 aliphatic rings. The van der Waals surface area contributed by atoms with Crippen molar-refractivity contribution in [2.75, 3.05) is 39.5 Å². The molecule has 2 saturated heterocycles. The molecule has 3 saturated carbocycles. The Morgan fingerprint density at radius 2 is 2.00 bits per heavy atom. The van der Waals surface area contributed by atoms with Gasteiger partial charge in [0.1, 0.15) is 0 Å². The van der Waals surface area contributed by atoms with Gasteiger partial charge in [-0.2, -0.15) is 4.31 Å². The van der Waals surface area contributed by atoms with Gasteiger partial charge in [-0.05, 0) is 19.3 Å². The number of sulfonamides is 1. The molecule has 21 heavy (non-hydrogen) atoms. The maximum atomic E-state index is 12.6. The standard InChI is InChI=1S/C13H22N4O3S/c1-15(21(2,19)20)12-7-13(8-12,9-12)17-6-10-5-14-3-4-16(10)11(17)18/h10,14H,3-9H2,1-2H3. The number of amides is 2. The van der Waals surface area contributed by atoms with Crippen LogP contribution >= 0.6 is 0 Å². The second kappa shape index (κ2) is 3.91. The first-order chi connectivity index (χ1) is 9.78. The number of urea groups is 1. The Morgan fingerprint density at radius 3 is 2.57 bits per heavy atom. The second-order valence-corrected chi connectivity index (χ2v) is 9.17. The lowest BCUT2D eigenvalue weighted by Gasteiger charge is -2.74. The van der Waals surface area contributed by atoms with Crippen LogP contribution in [0.3, 0.4) is 0 Å². The van der Waals surface area contributed by atoms with E-state index in [1.165, 1.54) is 10.6 Å². The maximum absolute atomic E-state index is 12.6. The highest BCUT2D eigenvalue weighted by atomic mass is 32.2. The van der Waals surface area contributed by atoms with Crippen LogP contribution in [0.15, 0.2) is 0 Å². The summed E-state index contributed by atoms with van der Waals surface area (Å²) in [6, 6.07) is 0.431. The summed E-state index contributed by atoms with van der Waals surface area (Å²) < 4.78 is 24.9. The first-order valence-electron chi connectivity index (χ1n) is 7.51. The van der Waals surface area contributed by atoms with Crippen LogP contribution < -0.4 is 5.32 Å². The van der Waals surface area contributed by atoms with Crippen LogP contribution in [0.1, 0.15) is 19.3 Å². The fourth-order valence-corrected chi connectivity index (χ4v) is 5.57. The summed E-state index contributed by atoms with van der Waals surface area (Å²) in [7, 11) is -1.49. The molecule has 0 spiro atoms. The Kier molecular flexibility index (Phi) is 2.56. The number of hydrogen-bond acceptors (Lipinski definition) is 4. The molecule has 2 bridgehead atoms. The van der Waals surface area contributed by atoms with Crippen LogP contribution in [0, 0.1) is 0 Å². The molecule has 0 aromatic heterocycles. The highest BCUT2D eigenvalue weighted by Gasteiger charge is 2.75. The molecule has 0 aromatic rings. The molecule has 5 fully saturated rings. The van der Waals surface area contributed by atoms with Crippen LogP contribution in [0.2, 0.25) is 0 Å².